The highest BCUT2D eigenvalue weighted by atomic mass is 16.7. The lowest BCUT2D eigenvalue weighted by atomic mass is 9.76. The highest BCUT2D eigenvalue weighted by molar-refractivity contribution is 6.11. The first-order valence-electron chi connectivity index (χ1n) is 12.8. The van der Waals surface area contributed by atoms with Gasteiger partial charge in [-0.15, -0.1) is 0 Å². The molecule has 1 amide bonds. The van der Waals surface area contributed by atoms with Crippen LogP contribution in [-0.4, -0.2) is 54.4 Å². The summed E-state index contributed by atoms with van der Waals surface area (Å²) in [5, 5.41) is 28.2. The molecule has 3 heterocycles. The molecule has 0 radical (unpaired) electrons. The fraction of sp³-hybridized carbons (Fsp3) is 0.640. The molecular weight excluding hydrogens is 464 g/mol. The van der Waals surface area contributed by atoms with Crippen LogP contribution in [0.2, 0.25) is 0 Å². The van der Waals surface area contributed by atoms with Crippen molar-refractivity contribution in [2.75, 3.05) is 5.32 Å². The molecule has 0 atom stereocenters. The first kappa shape index (κ1) is 25.7. The fourth-order valence-corrected chi connectivity index (χ4v) is 5.72. The van der Waals surface area contributed by atoms with E-state index in [0.29, 0.717) is 6.04 Å². The summed E-state index contributed by atoms with van der Waals surface area (Å²) < 4.78 is 1.97. The number of carbonyl (C=O) groups excluding carboxylic acids is 1. The van der Waals surface area contributed by atoms with Gasteiger partial charge in [0.2, 0.25) is 5.91 Å². The standard InChI is InChI=1S/C24H34N6O2.CH2O3/c1-3-30-23-20(15(2)28-30)21(27-17-7-5-4-6-8-17)18(14-26-23)19-13-24(32-29-19)11-9-16(10-12-24)22(25)31;2-1(3)4/h14,16-17H,3-13H2,1-2H3,(H2,25,31)(H,26,27);(H2,2,3,4). The summed E-state index contributed by atoms with van der Waals surface area (Å²) in [5.74, 6) is -0.242. The second-order valence-corrected chi connectivity index (χ2v) is 10.1. The Morgan fingerprint density at radius 3 is 2.47 bits per heavy atom. The van der Waals surface area contributed by atoms with Crippen molar-refractivity contribution in [2.45, 2.75) is 96.2 Å². The van der Waals surface area contributed by atoms with Crippen LogP contribution < -0.4 is 11.1 Å². The molecule has 196 valence electrons. The molecule has 0 saturated heterocycles. The number of nitrogens with two attached hydrogens (primary N) is 1. The minimum Gasteiger partial charge on any atom is -0.450 e. The lowest BCUT2D eigenvalue weighted by Crippen LogP contribution is -2.38. The molecule has 2 saturated carbocycles. The quantitative estimate of drug-likeness (QED) is 0.472. The molecule has 2 aliphatic carbocycles. The number of nitrogens with zero attached hydrogens (tertiary/aromatic N) is 4. The summed E-state index contributed by atoms with van der Waals surface area (Å²) in [6.07, 6.45) is 10.2. The van der Waals surface area contributed by atoms with Crippen LogP contribution in [0.4, 0.5) is 10.5 Å². The first-order valence-corrected chi connectivity index (χ1v) is 12.8. The van der Waals surface area contributed by atoms with Gasteiger partial charge >= 0.3 is 6.16 Å². The van der Waals surface area contributed by atoms with Crippen molar-refractivity contribution in [3.05, 3.63) is 17.5 Å². The van der Waals surface area contributed by atoms with Crippen molar-refractivity contribution in [3.8, 4) is 0 Å². The van der Waals surface area contributed by atoms with Crippen molar-refractivity contribution in [3.63, 3.8) is 0 Å². The zero-order valence-corrected chi connectivity index (χ0v) is 21.0. The van der Waals surface area contributed by atoms with E-state index in [-0.39, 0.29) is 17.4 Å². The summed E-state index contributed by atoms with van der Waals surface area (Å²) in [6.45, 7) is 4.94. The van der Waals surface area contributed by atoms with Crippen LogP contribution in [0.15, 0.2) is 11.4 Å². The van der Waals surface area contributed by atoms with Crippen LogP contribution in [0.3, 0.4) is 0 Å². The molecule has 36 heavy (non-hydrogen) atoms. The maximum atomic E-state index is 11.6. The molecule has 3 aliphatic rings. The van der Waals surface area contributed by atoms with Crippen LogP contribution in [0.5, 0.6) is 0 Å². The predicted molar refractivity (Wildman–Crippen MR) is 135 cm³/mol. The molecule has 0 unspecified atom stereocenters. The predicted octanol–water partition coefficient (Wildman–Crippen LogP) is 4.27. The molecule has 11 heteroatoms. The van der Waals surface area contributed by atoms with Gasteiger partial charge in [-0.05, 0) is 52.4 Å². The van der Waals surface area contributed by atoms with Gasteiger partial charge in [-0.2, -0.15) is 5.10 Å². The number of carboxylic acid groups (broad SMARTS) is 2. The Morgan fingerprint density at radius 2 is 1.86 bits per heavy atom. The normalized spacial score (nSPS) is 24.1. The topological polar surface area (TPSA) is 165 Å². The van der Waals surface area contributed by atoms with E-state index in [1.165, 1.54) is 32.1 Å². The molecule has 5 rings (SSSR count). The van der Waals surface area contributed by atoms with E-state index in [9.17, 15) is 4.79 Å². The van der Waals surface area contributed by atoms with Crippen LogP contribution >= 0.6 is 0 Å². The van der Waals surface area contributed by atoms with Gasteiger partial charge in [0.1, 0.15) is 5.60 Å². The van der Waals surface area contributed by atoms with Crippen molar-refractivity contribution in [2.24, 2.45) is 16.8 Å². The van der Waals surface area contributed by atoms with Crippen LogP contribution in [-0.2, 0) is 16.2 Å². The van der Waals surface area contributed by atoms with E-state index in [1.54, 1.807) is 0 Å². The molecule has 1 aliphatic heterocycles. The number of nitrogens with one attached hydrogen (secondary N) is 1. The van der Waals surface area contributed by atoms with E-state index in [2.05, 4.69) is 24.3 Å². The van der Waals surface area contributed by atoms with Gasteiger partial charge in [0.25, 0.3) is 0 Å². The third-order valence-electron chi connectivity index (χ3n) is 7.64. The number of aryl methyl sites for hydroxylation is 2. The number of pyridine rings is 1. The average Bonchev–Trinajstić information content (AvgIpc) is 3.41. The summed E-state index contributed by atoms with van der Waals surface area (Å²) in [6, 6.07) is 0.459. The Labute approximate surface area is 210 Å². The minimum absolute atomic E-state index is 0.0441. The van der Waals surface area contributed by atoms with Crippen molar-refractivity contribution in [1.82, 2.24) is 14.8 Å². The van der Waals surface area contributed by atoms with Gasteiger partial charge in [0.05, 0.1) is 22.5 Å². The Morgan fingerprint density at radius 1 is 1.19 bits per heavy atom. The SMILES string of the molecule is CCn1nc(C)c2c(NC3CCCCC3)c(C3=NOC4(CCC(C(N)=O)CC4)C3)cnc21.O=C(O)O. The number of anilines is 1. The summed E-state index contributed by atoms with van der Waals surface area (Å²) in [7, 11) is 0. The third-order valence-corrected chi connectivity index (χ3v) is 7.64. The van der Waals surface area contributed by atoms with Gasteiger partial charge in [0, 0.05) is 36.7 Å². The lowest BCUT2D eigenvalue weighted by molar-refractivity contribution is -0.125. The Kier molecular flexibility index (Phi) is 7.65. The molecule has 0 aromatic carbocycles. The summed E-state index contributed by atoms with van der Waals surface area (Å²) in [4.78, 5) is 31.0. The number of amides is 1. The zero-order valence-electron chi connectivity index (χ0n) is 21.0. The average molecular weight is 501 g/mol. The fourth-order valence-electron chi connectivity index (χ4n) is 5.72. The second kappa shape index (κ2) is 10.7. The largest absolute Gasteiger partial charge is 0.503 e. The van der Waals surface area contributed by atoms with Crippen molar-refractivity contribution in [1.29, 1.82) is 0 Å². The summed E-state index contributed by atoms with van der Waals surface area (Å²) >= 11 is 0. The molecule has 5 N–H and O–H groups in total. The van der Waals surface area contributed by atoms with E-state index in [4.69, 9.17) is 35.7 Å². The van der Waals surface area contributed by atoms with E-state index in [0.717, 1.165) is 72.3 Å². The number of hydrogen-bond donors (Lipinski definition) is 4. The van der Waals surface area contributed by atoms with Gasteiger partial charge in [-0.3, -0.25) is 4.79 Å². The second-order valence-electron chi connectivity index (χ2n) is 10.1. The lowest BCUT2D eigenvalue weighted by Gasteiger charge is -2.33. The summed E-state index contributed by atoms with van der Waals surface area (Å²) in [5.41, 5.74) is 10.2. The molecule has 2 aromatic heterocycles. The number of fused-ring (bicyclic) bond motifs is 1. The Balaban J connectivity index is 0.000000709. The molecule has 11 nitrogen and oxygen atoms in total. The van der Waals surface area contributed by atoms with Crippen LogP contribution in [0, 0.1) is 12.8 Å². The highest BCUT2D eigenvalue weighted by Crippen LogP contribution is 2.43. The number of aromatic nitrogens is 3. The number of hydrogen-bond acceptors (Lipinski definition) is 7. The van der Waals surface area contributed by atoms with Gasteiger partial charge in [-0.1, -0.05) is 24.4 Å². The van der Waals surface area contributed by atoms with E-state index in [1.807, 2.05) is 10.9 Å². The van der Waals surface area contributed by atoms with Crippen molar-refractivity contribution >= 4 is 34.5 Å². The van der Waals surface area contributed by atoms with Crippen LogP contribution in [0.25, 0.3) is 11.0 Å². The van der Waals surface area contributed by atoms with Gasteiger partial charge < -0.3 is 26.1 Å². The molecule has 2 fully saturated rings. The molecular formula is C25H36N6O5. The van der Waals surface area contributed by atoms with Crippen molar-refractivity contribution < 1.29 is 24.6 Å². The van der Waals surface area contributed by atoms with Gasteiger partial charge in [0.15, 0.2) is 5.65 Å². The Hall–Kier alpha value is -3.37. The van der Waals surface area contributed by atoms with E-state index >= 15 is 0 Å². The van der Waals surface area contributed by atoms with Gasteiger partial charge in [-0.25, -0.2) is 14.5 Å². The van der Waals surface area contributed by atoms with Crippen LogP contribution in [0.1, 0.15) is 82.4 Å². The zero-order chi connectivity index (χ0) is 25.9. The smallest absolute Gasteiger partial charge is 0.450 e. The number of primary amides is 1. The third kappa shape index (κ3) is 5.39. The maximum Gasteiger partial charge on any atom is 0.503 e. The molecule has 0 bridgehead atoms. The van der Waals surface area contributed by atoms with E-state index < -0.39 is 6.16 Å². The monoisotopic (exact) mass is 500 g/mol. The first-order chi connectivity index (χ1) is 17.2. The molecule has 1 spiro atoms. The number of oxime groups is 1. The number of rotatable bonds is 5. The number of carbonyl (C=O) groups is 2. The molecule has 2 aromatic rings. The minimum atomic E-state index is -1.83. The highest BCUT2D eigenvalue weighted by Gasteiger charge is 2.44. The maximum absolute atomic E-state index is 11.6. The Bertz CT molecular complexity index is 1140.